The Balaban J connectivity index is 1.57. The summed E-state index contributed by atoms with van der Waals surface area (Å²) in [5.74, 6) is 0. The number of amides is 2. The summed E-state index contributed by atoms with van der Waals surface area (Å²) in [5.41, 5.74) is -0.182. The molecule has 1 aromatic rings. The summed E-state index contributed by atoms with van der Waals surface area (Å²) < 4.78 is 11.1. The molecule has 0 N–H and O–H groups in total. The van der Waals surface area contributed by atoms with Crippen molar-refractivity contribution >= 4 is 12.2 Å². The number of aromatic nitrogens is 1. The fraction of sp³-hybridized carbons (Fsp3) is 0.611. The molecule has 2 saturated heterocycles. The first kappa shape index (κ1) is 17.5. The Morgan fingerprint density at radius 1 is 1.32 bits per heavy atom. The molecule has 7 nitrogen and oxygen atoms in total. The van der Waals surface area contributed by atoms with Crippen molar-refractivity contribution in [3.63, 3.8) is 0 Å². The monoisotopic (exact) mass is 347 g/mol. The lowest BCUT2D eigenvalue weighted by molar-refractivity contribution is -0.0170. The van der Waals surface area contributed by atoms with Gasteiger partial charge in [0.05, 0.1) is 18.8 Å². The van der Waals surface area contributed by atoms with E-state index >= 15 is 0 Å². The van der Waals surface area contributed by atoms with Crippen LogP contribution in [0.25, 0.3) is 0 Å². The molecule has 1 aromatic heterocycles. The lowest BCUT2D eigenvalue weighted by atomic mass is 9.91. The van der Waals surface area contributed by atoms with Crippen LogP contribution < -0.4 is 0 Å². The van der Waals surface area contributed by atoms with Gasteiger partial charge >= 0.3 is 12.2 Å². The minimum Gasteiger partial charge on any atom is -0.444 e. The second-order valence-corrected chi connectivity index (χ2v) is 7.70. The van der Waals surface area contributed by atoms with Gasteiger partial charge < -0.3 is 14.4 Å². The van der Waals surface area contributed by atoms with Gasteiger partial charge in [-0.3, -0.25) is 9.88 Å². The van der Waals surface area contributed by atoms with E-state index in [9.17, 15) is 9.59 Å². The van der Waals surface area contributed by atoms with Crippen LogP contribution in [0.3, 0.4) is 0 Å². The lowest BCUT2D eigenvalue weighted by Gasteiger charge is -2.37. The van der Waals surface area contributed by atoms with Crippen LogP contribution in [0.2, 0.25) is 0 Å². The molecule has 0 atom stereocenters. The summed E-state index contributed by atoms with van der Waals surface area (Å²) in [6.07, 6.45) is 2.34. The van der Waals surface area contributed by atoms with Gasteiger partial charge in [-0.2, -0.15) is 0 Å². The van der Waals surface area contributed by atoms with Crippen molar-refractivity contribution in [1.82, 2.24) is 14.8 Å². The molecule has 3 rings (SSSR count). The lowest BCUT2D eigenvalue weighted by Crippen LogP contribution is -2.49. The Bertz CT molecular complexity index is 633. The molecular weight excluding hydrogens is 322 g/mol. The fourth-order valence-corrected chi connectivity index (χ4v) is 3.19. The summed E-state index contributed by atoms with van der Waals surface area (Å²) in [5, 5.41) is 0. The number of piperidine rings is 1. The van der Waals surface area contributed by atoms with Crippen molar-refractivity contribution in [2.24, 2.45) is 0 Å². The molecule has 2 fully saturated rings. The first-order chi connectivity index (χ1) is 11.8. The van der Waals surface area contributed by atoms with Crippen LogP contribution in [-0.2, 0) is 16.0 Å². The van der Waals surface area contributed by atoms with Gasteiger partial charge in [0, 0.05) is 32.1 Å². The Kier molecular flexibility index (Phi) is 4.58. The van der Waals surface area contributed by atoms with E-state index in [1.165, 1.54) is 0 Å². The van der Waals surface area contributed by atoms with Gasteiger partial charge in [-0.1, -0.05) is 6.07 Å². The number of ether oxygens (including phenoxy) is 2. The summed E-state index contributed by atoms with van der Waals surface area (Å²) in [4.78, 5) is 32.0. The van der Waals surface area contributed by atoms with E-state index in [2.05, 4.69) is 4.98 Å². The van der Waals surface area contributed by atoms with E-state index in [1.807, 2.05) is 39.0 Å². The summed E-state index contributed by atoms with van der Waals surface area (Å²) >= 11 is 0. The standard InChI is InChI=1S/C18H25N3O4/c1-17(2,3)24-15(22)20-10-7-18(8-11-20)13-21(16(23)25-18)12-14-6-4-5-9-19-14/h4-6,9H,7-8,10-13H2,1-3H3. The Morgan fingerprint density at radius 2 is 2.04 bits per heavy atom. The zero-order valence-corrected chi connectivity index (χ0v) is 15.0. The SMILES string of the molecule is CC(C)(C)OC(=O)N1CCC2(CC1)CN(Cc1ccccn1)C(=O)O2. The number of hydrogen-bond donors (Lipinski definition) is 0. The van der Waals surface area contributed by atoms with Crippen molar-refractivity contribution in [2.45, 2.75) is 51.4 Å². The van der Waals surface area contributed by atoms with Crippen molar-refractivity contribution in [1.29, 1.82) is 0 Å². The molecule has 1 spiro atoms. The van der Waals surface area contributed by atoms with Crippen molar-refractivity contribution in [3.8, 4) is 0 Å². The largest absolute Gasteiger partial charge is 0.444 e. The van der Waals surface area contributed by atoms with Crippen LogP contribution in [0.15, 0.2) is 24.4 Å². The third-order valence-corrected chi connectivity index (χ3v) is 4.45. The average Bonchev–Trinajstić information content (AvgIpc) is 2.82. The van der Waals surface area contributed by atoms with Gasteiger partial charge in [-0.05, 0) is 32.9 Å². The second kappa shape index (κ2) is 6.54. The Morgan fingerprint density at radius 3 is 2.64 bits per heavy atom. The first-order valence-corrected chi connectivity index (χ1v) is 8.62. The van der Waals surface area contributed by atoms with Gasteiger partial charge in [0.25, 0.3) is 0 Å². The number of nitrogens with zero attached hydrogens (tertiary/aromatic N) is 3. The van der Waals surface area contributed by atoms with Gasteiger partial charge in [-0.25, -0.2) is 9.59 Å². The molecule has 0 aliphatic carbocycles. The van der Waals surface area contributed by atoms with E-state index in [4.69, 9.17) is 9.47 Å². The highest BCUT2D eigenvalue weighted by molar-refractivity contribution is 5.71. The molecule has 25 heavy (non-hydrogen) atoms. The normalized spacial score (nSPS) is 19.9. The third kappa shape index (κ3) is 4.21. The highest BCUT2D eigenvalue weighted by Crippen LogP contribution is 2.34. The summed E-state index contributed by atoms with van der Waals surface area (Å²) in [6, 6.07) is 5.64. The Labute approximate surface area is 147 Å². The van der Waals surface area contributed by atoms with Gasteiger partial charge in [-0.15, -0.1) is 0 Å². The van der Waals surface area contributed by atoms with Gasteiger partial charge in [0.1, 0.15) is 11.2 Å². The average molecular weight is 347 g/mol. The maximum absolute atomic E-state index is 12.2. The molecule has 2 amide bonds. The zero-order valence-electron chi connectivity index (χ0n) is 15.0. The van der Waals surface area contributed by atoms with Crippen molar-refractivity contribution < 1.29 is 19.1 Å². The predicted molar refractivity (Wildman–Crippen MR) is 90.9 cm³/mol. The number of rotatable bonds is 2. The maximum Gasteiger partial charge on any atom is 0.410 e. The fourth-order valence-electron chi connectivity index (χ4n) is 3.19. The highest BCUT2D eigenvalue weighted by atomic mass is 16.6. The van der Waals surface area contributed by atoms with E-state index in [-0.39, 0.29) is 12.2 Å². The van der Waals surface area contributed by atoms with Gasteiger partial charge in [0.15, 0.2) is 0 Å². The molecule has 0 saturated carbocycles. The summed E-state index contributed by atoms with van der Waals surface area (Å²) in [7, 11) is 0. The molecule has 0 radical (unpaired) electrons. The minimum absolute atomic E-state index is 0.308. The molecular formula is C18H25N3O4. The van der Waals surface area contributed by atoms with Crippen LogP contribution in [0, 0.1) is 0 Å². The Hall–Kier alpha value is -2.31. The number of carbonyl (C=O) groups excluding carboxylic acids is 2. The number of hydrogen-bond acceptors (Lipinski definition) is 5. The smallest absolute Gasteiger partial charge is 0.410 e. The van der Waals surface area contributed by atoms with E-state index in [1.54, 1.807) is 16.0 Å². The molecule has 3 heterocycles. The van der Waals surface area contributed by atoms with E-state index < -0.39 is 11.2 Å². The van der Waals surface area contributed by atoms with Crippen LogP contribution in [0.4, 0.5) is 9.59 Å². The maximum atomic E-state index is 12.2. The number of likely N-dealkylation sites (tertiary alicyclic amines) is 1. The number of pyridine rings is 1. The van der Waals surface area contributed by atoms with Crippen LogP contribution >= 0.6 is 0 Å². The molecule has 0 aromatic carbocycles. The molecule has 0 unspecified atom stereocenters. The molecule has 136 valence electrons. The van der Waals surface area contributed by atoms with Crippen molar-refractivity contribution in [2.75, 3.05) is 19.6 Å². The molecule has 7 heteroatoms. The van der Waals surface area contributed by atoms with Gasteiger partial charge in [0.2, 0.25) is 0 Å². The quantitative estimate of drug-likeness (QED) is 0.822. The highest BCUT2D eigenvalue weighted by Gasteiger charge is 2.47. The van der Waals surface area contributed by atoms with Crippen LogP contribution in [0.5, 0.6) is 0 Å². The summed E-state index contributed by atoms with van der Waals surface area (Å²) in [6.45, 7) is 7.58. The second-order valence-electron chi connectivity index (χ2n) is 7.70. The van der Waals surface area contributed by atoms with Crippen molar-refractivity contribution in [3.05, 3.63) is 30.1 Å². The molecule has 2 aliphatic heterocycles. The first-order valence-electron chi connectivity index (χ1n) is 8.62. The molecule has 0 bridgehead atoms. The van der Waals surface area contributed by atoms with Crippen LogP contribution in [-0.4, -0.2) is 57.8 Å². The zero-order chi connectivity index (χ0) is 18.1. The van der Waals surface area contributed by atoms with E-state index in [0.717, 1.165) is 5.69 Å². The van der Waals surface area contributed by atoms with E-state index in [0.29, 0.717) is 39.0 Å². The van der Waals surface area contributed by atoms with Crippen LogP contribution in [0.1, 0.15) is 39.3 Å². The third-order valence-electron chi connectivity index (χ3n) is 4.45. The molecule has 2 aliphatic rings. The number of carbonyl (C=O) groups is 2. The minimum atomic E-state index is -0.510. The predicted octanol–water partition coefficient (Wildman–Crippen LogP) is 2.80. The topological polar surface area (TPSA) is 72.0 Å².